The minimum Gasteiger partial charge on any atom is -0.503 e. The first-order chi connectivity index (χ1) is 15.6. The molecule has 1 amide bonds. The molecule has 0 saturated carbocycles. The maximum atomic E-state index is 13.3. The average molecular weight is 428 g/mol. The quantitative estimate of drug-likeness (QED) is 0.561. The highest BCUT2D eigenvalue weighted by Crippen LogP contribution is 2.39. The summed E-state index contributed by atoms with van der Waals surface area (Å²) in [6.07, 6.45) is 0.751. The number of ketones is 1. The number of methoxy groups -OCH3 is 1. The molecule has 5 heteroatoms. The van der Waals surface area contributed by atoms with Gasteiger partial charge in [0.1, 0.15) is 5.75 Å². The van der Waals surface area contributed by atoms with E-state index in [0.29, 0.717) is 12.2 Å². The minimum atomic E-state index is -0.656. The van der Waals surface area contributed by atoms with E-state index in [1.807, 2.05) is 72.8 Å². The van der Waals surface area contributed by atoms with Crippen LogP contribution in [-0.4, -0.2) is 28.8 Å². The Morgan fingerprint density at radius 3 is 2.09 bits per heavy atom. The molecule has 1 aliphatic heterocycles. The van der Waals surface area contributed by atoms with Gasteiger partial charge in [0.25, 0.3) is 5.91 Å². The van der Waals surface area contributed by atoms with Crippen LogP contribution in [0.4, 0.5) is 0 Å². The first-order valence-corrected chi connectivity index (χ1v) is 10.6. The highest BCUT2D eigenvalue weighted by Gasteiger charge is 2.43. The number of hydrogen-bond acceptors (Lipinski definition) is 4. The SMILES string of the molecule is COc1ccc([C@H]2C(C(=O)CCc3ccccc3)=C(O)C(=O)N2Cc2ccccc2)cc1. The predicted molar refractivity (Wildman–Crippen MR) is 122 cm³/mol. The highest BCUT2D eigenvalue weighted by atomic mass is 16.5. The molecule has 0 aliphatic carbocycles. The lowest BCUT2D eigenvalue weighted by molar-refractivity contribution is -0.130. The Morgan fingerprint density at radius 2 is 1.50 bits per heavy atom. The van der Waals surface area contributed by atoms with Gasteiger partial charge >= 0.3 is 0 Å². The normalized spacial score (nSPS) is 15.8. The molecular formula is C27H25NO4. The topological polar surface area (TPSA) is 66.8 Å². The standard InChI is InChI=1S/C27H25NO4/c1-32-22-15-13-21(14-16-22)25-24(23(29)17-12-19-8-4-2-5-9-19)26(30)27(31)28(25)18-20-10-6-3-7-11-20/h2-11,13-16,25,30H,12,17-18H2,1H3/t25-/m0/s1. The van der Waals surface area contributed by atoms with Gasteiger partial charge in [0, 0.05) is 13.0 Å². The van der Waals surface area contributed by atoms with Gasteiger partial charge in [-0.3, -0.25) is 9.59 Å². The number of hydrogen-bond donors (Lipinski definition) is 1. The summed E-state index contributed by atoms with van der Waals surface area (Å²) in [6.45, 7) is 0.288. The van der Waals surface area contributed by atoms with Gasteiger partial charge in [-0.05, 0) is 35.2 Å². The summed E-state index contributed by atoms with van der Waals surface area (Å²) in [6, 6.07) is 25.9. The molecule has 0 fully saturated rings. The van der Waals surface area contributed by atoms with Crippen molar-refractivity contribution in [1.29, 1.82) is 0 Å². The summed E-state index contributed by atoms with van der Waals surface area (Å²) in [5, 5.41) is 10.7. The number of carbonyl (C=O) groups excluding carboxylic acids is 2. The molecule has 32 heavy (non-hydrogen) atoms. The van der Waals surface area contributed by atoms with Crippen LogP contribution < -0.4 is 4.74 Å². The third-order valence-electron chi connectivity index (χ3n) is 5.71. The van der Waals surface area contributed by atoms with Crippen molar-refractivity contribution in [2.45, 2.75) is 25.4 Å². The zero-order valence-corrected chi connectivity index (χ0v) is 17.9. The second kappa shape index (κ2) is 9.52. The van der Waals surface area contributed by atoms with E-state index in [2.05, 4.69) is 0 Å². The van der Waals surface area contributed by atoms with Gasteiger partial charge in [-0.1, -0.05) is 72.8 Å². The molecule has 0 bridgehead atoms. The number of benzene rings is 3. The lowest BCUT2D eigenvalue weighted by Gasteiger charge is -2.27. The number of carbonyl (C=O) groups is 2. The number of ether oxygens (including phenoxy) is 1. The molecule has 0 unspecified atom stereocenters. The Hall–Kier alpha value is -3.86. The molecule has 1 N–H and O–H groups in total. The van der Waals surface area contributed by atoms with Crippen molar-refractivity contribution in [2.24, 2.45) is 0 Å². The first-order valence-electron chi connectivity index (χ1n) is 10.6. The van der Waals surface area contributed by atoms with E-state index in [0.717, 1.165) is 16.7 Å². The molecule has 0 radical (unpaired) electrons. The van der Waals surface area contributed by atoms with E-state index >= 15 is 0 Å². The molecule has 3 aromatic rings. The summed E-state index contributed by atoms with van der Waals surface area (Å²) in [4.78, 5) is 27.9. The Morgan fingerprint density at radius 1 is 0.906 bits per heavy atom. The third kappa shape index (κ3) is 4.42. The molecule has 5 nitrogen and oxygen atoms in total. The van der Waals surface area contributed by atoms with Crippen LogP contribution >= 0.6 is 0 Å². The highest BCUT2D eigenvalue weighted by molar-refractivity contribution is 6.09. The molecule has 1 aliphatic rings. The molecule has 3 aromatic carbocycles. The number of aryl methyl sites for hydroxylation is 1. The second-order valence-electron chi connectivity index (χ2n) is 7.77. The molecular weight excluding hydrogens is 402 g/mol. The zero-order valence-electron chi connectivity index (χ0n) is 17.9. The fourth-order valence-electron chi connectivity index (χ4n) is 4.05. The number of amides is 1. The average Bonchev–Trinajstić information content (AvgIpc) is 3.09. The molecule has 0 saturated heterocycles. The van der Waals surface area contributed by atoms with E-state index in [-0.39, 0.29) is 24.3 Å². The maximum Gasteiger partial charge on any atom is 0.290 e. The van der Waals surface area contributed by atoms with Crippen molar-refractivity contribution in [1.82, 2.24) is 4.90 Å². The monoisotopic (exact) mass is 427 g/mol. The van der Waals surface area contributed by atoms with Gasteiger partial charge in [-0.2, -0.15) is 0 Å². The molecule has 1 heterocycles. The Balaban J connectivity index is 1.66. The van der Waals surface area contributed by atoms with E-state index in [1.54, 1.807) is 24.1 Å². The number of Topliss-reactive ketones (excluding diaryl/α,β-unsaturated/α-hetero) is 1. The van der Waals surface area contributed by atoms with Crippen molar-refractivity contribution in [3.05, 3.63) is 113 Å². The van der Waals surface area contributed by atoms with Gasteiger partial charge in [-0.25, -0.2) is 0 Å². The molecule has 1 atom stereocenters. The van der Waals surface area contributed by atoms with Crippen LogP contribution in [0.15, 0.2) is 96.3 Å². The molecule has 162 valence electrons. The summed E-state index contributed by atoms with van der Waals surface area (Å²) in [7, 11) is 1.58. The van der Waals surface area contributed by atoms with Crippen LogP contribution in [0.3, 0.4) is 0 Å². The second-order valence-corrected chi connectivity index (χ2v) is 7.77. The fourth-order valence-corrected chi connectivity index (χ4v) is 4.05. The van der Waals surface area contributed by atoms with Crippen molar-refractivity contribution < 1.29 is 19.4 Å². The molecule has 0 aromatic heterocycles. The van der Waals surface area contributed by atoms with Crippen molar-refractivity contribution in [3.8, 4) is 5.75 Å². The molecule has 0 spiro atoms. The van der Waals surface area contributed by atoms with Gasteiger partial charge < -0.3 is 14.7 Å². The number of nitrogens with zero attached hydrogens (tertiary/aromatic N) is 1. The lowest BCUT2D eigenvalue weighted by atomic mass is 9.93. The van der Waals surface area contributed by atoms with Crippen LogP contribution in [-0.2, 0) is 22.6 Å². The van der Waals surface area contributed by atoms with Gasteiger partial charge in [0.05, 0.1) is 18.7 Å². The van der Waals surface area contributed by atoms with Gasteiger partial charge in [-0.15, -0.1) is 0 Å². The zero-order chi connectivity index (χ0) is 22.5. The van der Waals surface area contributed by atoms with Crippen LogP contribution in [0.25, 0.3) is 0 Å². The van der Waals surface area contributed by atoms with Crippen molar-refractivity contribution in [3.63, 3.8) is 0 Å². The summed E-state index contributed by atoms with van der Waals surface area (Å²) in [5.74, 6) is -0.536. The number of rotatable bonds is 8. The Labute approximate surface area is 187 Å². The lowest BCUT2D eigenvalue weighted by Crippen LogP contribution is -2.30. The minimum absolute atomic E-state index is 0.159. The third-order valence-corrected chi connectivity index (χ3v) is 5.71. The van der Waals surface area contributed by atoms with E-state index in [9.17, 15) is 14.7 Å². The summed E-state index contributed by atoms with van der Waals surface area (Å²) in [5.41, 5.74) is 2.87. The van der Waals surface area contributed by atoms with Crippen LogP contribution in [0.5, 0.6) is 5.75 Å². The Bertz CT molecular complexity index is 1120. The number of aliphatic hydroxyl groups excluding tert-OH is 1. The first kappa shape index (κ1) is 21.4. The maximum absolute atomic E-state index is 13.3. The molecule has 4 rings (SSSR count). The number of aliphatic hydroxyl groups is 1. The van der Waals surface area contributed by atoms with Crippen LogP contribution in [0, 0.1) is 0 Å². The van der Waals surface area contributed by atoms with Crippen molar-refractivity contribution in [2.75, 3.05) is 7.11 Å². The van der Waals surface area contributed by atoms with E-state index in [1.165, 1.54) is 0 Å². The van der Waals surface area contributed by atoms with Crippen LogP contribution in [0.1, 0.15) is 29.2 Å². The van der Waals surface area contributed by atoms with E-state index in [4.69, 9.17) is 4.74 Å². The van der Waals surface area contributed by atoms with Gasteiger partial charge in [0.15, 0.2) is 11.5 Å². The largest absolute Gasteiger partial charge is 0.503 e. The Kier molecular flexibility index (Phi) is 6.36. The fraction of sp³-hybridized carbons (Fsp3) is 0.185. The smallest absolute Gasteiger partial charge is 0.290 e. The van der Waals surface area contributed by atoms with Crippen molar-refractivity contribution >= 4 is 11.7 Å². The van der Waals surface area contributed by atoms with Crippen LogP contribution in [0.2, 0.25) is 0 Å². The van der Waals surface area contributed by atoms with E-state index < -0.39 is 17.7 Å². The summed E-state index contributed by atoms with van der Waals surface area (Å²) < 4.78 is 5.25. The van der Waals surface area contributed by atoms with Gasteiger partial charge in [0.2, 0.25) is 0 Å². The summed E-state index contributed by atoms with van der Waals surface area (Å²) >= 11 is 0. The predicted octanol–water partition coefficient (Wildman–Crippen LogP) is 4.79.